The third-order valence-corrected chi connectivity index (χ3v) is 6.16. The first kappa shape index (κ1) is 19.7. The molecule has 1 atom stereocenters. The maximum Gasteiger partial charge on any atom is 0.123 e. The predicted molar refractivity (Wildman–Crippen MR) is 122 cm³/mol. The lowest BCUT2D eigenvalue weighted by Gasteiger charge is -2.36. The highest BCUT2D eigenvalue weighted by molar-refractivity contribution is 5.85. The number of nitrogens with two attached hydrogens (primary N) is 1. The van der Waals surface area contributed by atoms with Gasteiger partial charge in [0.2, 0.25) is 0 Å². The summed E-state index contributed by atoms with van der Waals surface area (Å²) in [4.78, 5) is 10.2. The van der Waals surface area contributed by atoms with Crippen LogP contribution in [0.4, 0.5) is 5.82 Å². The monoisotopic (exact) mass is 416 g/mol. The van der Waals surface area contributed by atoms with Gasteiger partial charge in [-0.15, -0.1) is 10.2 Å². The second-order valence-corrected chi connectivity index (χ2v) is 8.22. The molecule has 0 bridgehead atoms. The maximum atomic E-state index is 5.73. The summed E-state index contributed by atoms with van der Waals surface area (Å²) < 4.78 is 1.94. The summed E-state index contributed by atoms with van der Waals surface area (Å²) in [5.74, 6) is 0.576. The molecule has 0 amide bonds. The molecular weight excluding hydrogens is 388 g/mol. The lowest BCUT2D eigenvalue weighted by molar-refractivity contribution is 0.143. The smallest absolute Gasteiger partial charge is 0.123 e. The SMILES string of the molecule is Nc1ccc(CN2CCNCC2CCCc2c[nH]c3ccc(-n4cnnc4)cc23)cn1. The zero-order valence-electron chi connectivity index (χ0n) is 17.5. The molecule has 31 heavy (non-hydrogen) atoms. The van der Waals surface area contributed by atoms with E-state index in [4.69, 9.17) is 5.73 Å². The average Bonchev–Trinajstić information content (AvgIpc) is 3.47. The summed E-state index contributed by atoms with van der Waals surface area (Å²) >= 11 is 0. The molecule has 8 nitrogen and oxygen atoms in total. The number of benzene rings is 1. The van der Waals surface area contributed by atoms with E-state index in [2.05, 4.69) is 60.8 Å². The van der Waals surface area contributed by atoms with E-state index in [-0.39, 0.29) is 0 Å². The first-order valence-corrected chi connectivity index (χ1v) is 10.9. The van der Waals surface area contributed by atoms with Crippen LogP contribution in [0.15, 0.2) is 55.4 Å². The Balaban J connectivity index is 1.23. The molecule has 8 heteroatoms. The highest BCUT2D eigenvalue weighted by Crippen LogP contribution is 2.24. The number of anilines is 1. The molecule has 4 aromatic rings. The van der Waals surface area contributed by atoms with E-state index in [9.17, 15) is 0 Å². The van der Waals surface area contributed by atoms with E-state index in [0.29, 0.717) is 11.9 Å². The van der Waals surface area contributed by atoms with Crippen LogP contribution in [0.3, 0.4) is 0 Å². The van der Waals surface area contributed by atoms with Gasteiger partial charge in [0.05, 0.1) is 0 Å². The predicted octanol–water partition coefficient (Wildman–Crippen LogP) is 2.52. The fourth-order valence-corrected chi connectivity index (χ4v) is 4.46. The summed E-state index contributed by atoms with van der Waals surface area (Å²) in [5, 5.41) is 12.7. The maximum absolute atomic E-state index is 5.73. The number of aryl methyl sites for hydroxylation is 1. The number of fused-ring (bicyclic) bond motifs is 1. The van der Waals surface area contributed by atoms with Gasteiger partial charge in [-0.1, -0.05) is 6.07 Å². The molecule has 1 saturated heterocycles. The van der Waals surface area contributed by atoms with Gasteiger partial charge in [0.25, 0.3) is 0 Å². The molecule has 1 unspecified atom stereocenters. The van der Waals surface area contributed by atoms with E-state index in [1.165, 1.54) is 22.0 Å². The Labute approximate surface area is 181 Å². The zero-order valence-corrected chi connectivity index (χ0v) is 17.5. The third-order valence-electron chi connectivity index (χ3n) is 6.16. The van der Waals surface area contributed by atoms with Gasteiger partial charge in [-0.05, 0) is 54.7 Å². The molecule has 5 rings (SSSR count). The minimum Gasteiger partial charge on any atom is -0.384 e. The summed E-state index contributed by atoms with van der Waals surface area (Å²) in [6.07, 6.45) is 10.9. The highest BCUT2D eigenvalue weighted by Gasteiger charge is 2.22. The largest absolute Gasteiger partial charge is 0.384 e. The fourth-order valence-electron chi connectivity index (χ4n) is 4.46. The number of nitrogens with zero attached hydrogens (tertiary/aromatic N) is 5. The second-order valence-electron chi connectivity index (χ2n) is 8.22. The van der Waals surface area contributed by atoms with Crippen LogP contribution in [0.25, 0.3) is 16.6 Å². The van der Waals surface area contributed by atoms with Gasteiger partial charge in [0.15, 0.2) is 0 Å². The summed E-state index contributed by atoms with van der Waals surface area (Å²) in [6.45, 7) is 4.06. The number of hydrogen-bond donors (Lipinski definition) is 3. The van der Waals surface area contributed by atoms with Crippen LogP contribution < -0.4 is 11.1 Å². The number of rotatable bonds is 7. The lowest BCUT2D eigenvalue weighted by Crippen LogP contribution is -2.50. The molecule has 1 aliphatic rings. The molecule has 4 N–H and O–H groups in total. The molecule has 0 spiro atoms. The Morgan fingerprint density at radius 1 is 1.13 bits per heavy atom. The summed E-state index contributed by atoms with van der Waals surface area (Å²) in [6, 6.07) is 10.9. The number of H-pyrrole nitrogens is 1. The minimum absolute atomic E-state index is 0.532. The molecule has 0 radical (unpaired) electrons. The van der Waals surface area contributed by atoms with Crippen LogP contribution in [-0.2, 0) is 13.0 Å². The lowest BCUT2D eigenvalue weighted by atomic mass is 10.0. The first-order valence-electron chi connectivity index (χ1n) is 10.9. The van der Waals surface area contributed by atoms with Crippen molar-refractivity contribution in [2.24, 2.45) is 0 Å². The first-order chi connectivity index (χ1) is 15.3. The standard InChI is InChI=1S/C23H28N8/c24-23-7-4-17(11-27-23)14-30-9-8-25-13-20(30)3-1-2-18-12-26-22-6-5-19(10-21(18)22)31-15-28-29-16-31/h4-7,10-12,15-16,20,25-26H,1-3,8-9,13-14H2,(H2,24,27). The highest BCUT2D eigenvalue weighted by atomic mass is 15.2. The van der Waals surface area contributed by atoms with Crippen molar-refractivity contribution < 1.29 is 0 Å². The second kappa shape index (κ2) is 8.87. The minimum atomic E-state index is 0.532. The van der Waals surface area contributed by atoms with Crippen molar-refractivity contribution in [1.82, 2.24) is 34.9 Å². The van der Waals surface area contributed by atoms with Gasteiger partial charge in [0, 0.05) is 61.2 Å². The number of piperazine rings is 1. The Kier molecular flexibility index (Phi) is 5.64. The van der Waals surface area contributed by atoms with Crippen molar-refractivity contribution in [2.75, 3.05) is 25.4 Å². The molecule has 1 fully saturated rings. The van der Waals surface area contributed by atoms with Crippen LogP contribution in [-0.4, -0.2) is 55.3 Å². The fraction of sp³-hybridized carbons (Fsp3) is 0.348. The van der Waals surface area contributed by atoms with Gasteiger partial charge in [-0.3, -0.25) is 9.47 Å². The van der Waals surface area contributed by atoms with E-state index in [0.717, 1.165) is 51.1 Å². The van der Waals surface area contributed by atoms with Crippen molar-refractivity contribution in [3.63, 3.8) is 0 Å². The quantitative estimate of drug-likeness (QED) is 0.428. The molecule has 1 aliphatic heterocycles. The molecular formula is C23H28N8. The topological polar surface area (TPSA) is 101 Å². The zero-order chi connectivity index (χ0) is 21.0. The van der Waals surface area contributed by atoms with Crippen LogP contribution in [0, 0.1) is 0 Å². The average molecular weight is 417 g/mol. The van der Waals surface area contributed by atoms with E-state index in [1.807, 2.05) is 16.8 Å². The Morgan fingerprint density at radius 2 is 2.03 bits per heavy atom. The van der Waals surface area contributed by atoms with Gasteiger partial charge < -0.3 is 16.0 Å². The van der Waals surface area contributed by atoms with Gasteiger partial charge in [-0.25, -0.2) is 4.98 Å². The third kappa shape index (κ3) is 4.45. The van der Waals surface area contributed by atoms with Crippen molar-refractivity contribution in [2.45, 2.75) is 31.8 Å². The molecule has 0 aliphatic carbocycles. The molecule has 4 heterocycles. The van der Waals surface area contributed by atoms with Crippen molar-refractivity contribution >= 4 is 16.7 Å². The molecule has 0 saturated carbocycles. The van der Waals surface area contributed by atoms with Crippen molar-refractivity contribution in [3.8, 4) is 5.69 Å². The summed E-state index contributed by atoms with van der Waals surface area (Å²) in [5.41, 5.74) is 10.6. The number of nitrogens with one attached hydrogen (secondary N) is 2. The van der Waals surface area contributed by atoms with Crippen LogP contribution in [0.1, 0.15) is 24.0 Å². The van der Waals surface area contributed by atoms with Crippen molar-refractivity contribution in [1.29, 1.82) is 0 Å². The molecule has 3 aromatic heterocycles. The normalized spacial score (nSPS) is 17.4. The molecule has 1 aromatic carbocycles. The Morgan fingerprint density at radius 3 is 2.87 bits per heavy atom. The summed E-state index contributed by atoms with van der Waals surface area (Å²) in [7, 11) is 0. The van der Waals surface area contributed by atoms with Crippen LogP contribution in [0.5, 0.6) is 0 Å². The van der Waals surface area contributed by atoms with Crippen molar-refractivity contribution in [3.05, 3.63) is 66.5 Å². The van der Waals surface area contributed by atoms with Crippen LogP contribution in [0.2, 0.25) is 0 Å². The van der Waals surface area contributed by atoms with Gasteiger partial charge in [0.1, 0.15) is 18.5 Å². The number of nitrogen functional groups attached to an aromatic ring is 1. The van der Waals surface area contributed by atoms with E-state index >= 15 is 0 Å². The Bertz CT molecular complexity index is 1120. The molecule has 160 valence electrons. The van der Waals surface area contributed by atoms with Gasteiger partial charge >= 0.3 is 0 Å². The number of pyridine rings is 1. The van der Waals surface area contributed by atoms with E-state index in [1.54, 1.807) is 12.7 Å². The van der Waals surface area contributed by atoms with Crippen LogP contribution >= 0.6 is 0 Å². The number of aromatic amines is 1. The van der Waals surface area contributed by atoms with E-state index < -0.39 is 0 Å². The van der Waals surface area contributed by atoms with Gasteiger partial charge in [-0.2, -0.15) is 0 Å². The number of aromatic nitrogens is 5. The Hall–Kier alpha value is -3.23. The number of hydrogen-bond acceptors (Lipinski definition) is 6.